The standard InChI is InChI=1S/C9H12F2N2O2/c1-4-8(15)6(7(12)9(10)11)5(3-14)2-13-4/h2,7,9,14-15H,3,12H2,1H3/t7-/m0/s1. The molecule has 1 heterocycles. The Morgan fingerprint density at radius 3 is 2.60 bits per heavy atom. The predicted molar refractivity (Wildman–Crippen MR) is 49.5 cm³/mol. The summed E-state index contributed by atoms with van der Waals surface area (Å²) < 4.78 is 24.8. The van der Waals surface area contributed by atoms with Gasteiger partial charge in [-0.2, -0.15) is 0 Å². The van der Waals surface area contributed by atoms with Crippen LogP contribution in [-0.4, -0.2) is 21.6 Å². The number of hydrogen-bond donors (Lipinski definition) is 3. The molecule has 6 heteroatoms. The van der Waals surface area contributed by atoms with Crippen molar-refractivity contribution in [3.63, 3.8) is 0 Å². The second kappa shape index (κ2) is 4.50. The number of nitrogens with zero attached hydrogens (tertiary/aromatic N) is 1. The molecule has 0 fully saturated rings. The maximum atomic E-state index is 12.4. The molecule has 4 nitrogen and oxygen atoms in total. The van der Waals surface area contributed by atoms with Crippen LogP contribution in [0.25, 0.3) is 0 Å². The second-order valence-electron chi connectivity index (χ2n) is 3.15. The number of aromatic nitrogens is 1. The van der Waals surface area contributed by atoms with Crippen LogP contribution in [0.15, 0.2) is 6.20 Å². The number of alkyl halides is 2. The third-order valence-corrected chi connectivity index (χ3v) is 2.13. The average molecular weight is 218 g/mol. The zero-order valence-electron chi connectivity index (χ0n) is 8.11. The molecule has 0 aromatic carbocycles. The Hall–Kier alpha value is -1.27. The summed E-state index contributed by atoms with van der Waals surface area (Å²) in [5.41, 5.74) is 5.42. The molecule has 1 atom stereocenters. The molecular formula is C9H12F2N2O2. The molecule has 15 heavy (non-hydrogen) atoms. The number of pyridine rings is 1. The fourth-order valence-electron chi connectivity index (χ4n) is 1.28. The molecule has 4 N–H and O–H groups in total. The molecule has 0 radical (unpaired) electrons. The maximum Gasteiger partial charge on any atom is 0.257 e. The van der Waals surface area contributed by atoms with Gasteiger partial charge in [-0.25, -0.2) is 8.78 Å². The van der Waals surface area contributed by atoms with Crippen molar-refractivity contribution in [2.45, 2.75) is 26.0 Å². The molecule has 0 spiro atoms. The van der Waals surface area contributed by atoms with Crippen LogP contribution < -0.4 is 5.73 Å². The lowest BCUT2D eigenvalue weighted by molar-refractivity contribution is 0.114. The number of aryl methyl sites for hydroxylation is 1. The van der Waals surface area contributed by atoms with E-state index in [2.05, 4.69) is 4.98 Å². The van der Waals surface area contributed by atoms with E-state index in [0.717, 1.165) is 0 Å². The predicted octanol–water partition coefficient (Wildman–Crippen LogP) is 0.853. The van der Waals surface area contributed by atoms with Gasteiger partial charge in [-0.1, -0.05) is 0 Å². The molecule has 84 valence electrons. The molecule has 0 unspecified atom stereocenters. The van der Waals surface area contributed by atoms with E-state index in [1.165, 1.54) is 13.1 Å². The highest BCUT2D eigenvalue weighted by molar-refractivity contribution is 5.42. The van der Waals surface area contributed by atoms with Crippen molar-refractivity contribution in [2.75, 3.05) is 0 Å². The zero-order valence-corrected chi connectivity index (χ0v) is 8.11. The van der Waals surface area contributed by atoms with Gasteiger partial charge in [-0.15, -0.1) is 0 Å². The van der Waals surface area contributed by atoms with Gasteiger partial charge in [0.1, 0.15) is 5.75 Å². The maximum absolute atomic E-state index is 12.4. The van der Waals surface area contributed by atoms with Gasteiger partial charge in [-0.3, -0.25) is 4.98 Å². The molecule has 0 saturated heterocycles. The van der Waals surface area contributed by atoms with Crippen molar-refractivity contribution in [3.05, 3.63) is 23.0 Å². The number of aliphatic hydroxyl groups excluding tert-OH is 1. The molecule has 0 bridgehead atoms. The van der Waals surface area contributed by atoms with E-state index in [1.807, 2.05) is 0 Å². The minimum atomic E-state index is -2.80. The van der Waals surface area contributed by atoms with Crippen LogP contribution in [0, 0.1) is 6.92 Å². The Kier molecular flexibility index (Phi) is 3.54. The van der Waals surface area contributed by atoms with E-state index in [-0.39, 0.29) is 22.6 Å². The molecule has 0 aliphatic rings. The highest BCUT2D eigenvalue weighted by atomic mass is 19.3. The quantitative estimate of drug-likeness (QED) is 0.702. The minimum Gasteiger partial charge on any atom is -0.506 e. The summed E-state index contributed by atoms with van der Waals surface area (Å²) in [6, 6.07) is -1.62. The Balaban J connectivity index is 3.29. The Morgan fingerprint density at radius 1 is 1.53 bits per heavy atom. The smallest absolute Gasteiger partial charge is 0.257 e. The summed E-state index contributed by atoms with van der Waals surface area (Å²) in [4.78, 5) is 3.74. The molecular weight excluding hydrogens is 206 g/mol. The van der Waals surface area contributed by atoms with E-state index in [1.54, 1.807) is 0 Å². The Morgan fingerprint density at radius 2 is 2.13 bits per heavy atom. The van der Waals surface area contributed by atoms with Crippen LogP contribution >= 0.6 is 0 Å². The molecule has 0 aliphatic heterocycles. The van der Waals surface area contributed by atoms with Crippen molar-refractivity contribution in [1.29, 1.82) is 0 Å². The van der Waals surface area contributed by atoms with Gasteiger partial charge in [0.2, 0.25) is 0 Å². The SMILES string of the molecule is Cc1ncc(CO)c([C@H](N)C(F)F)c1O. The van der Waals surface area contributed by atoms with E-state index < -0.39 is 19.1 Å². The Bertz CT molecular complexity index is 358. The van der Waals surface area contributed by atoms with Crippen LogP contribution in [0.5, 0.6) is 5.75 Å². The summed E-state index contributed by atoms with van der Waals surface area (Å²) in [5.74, 6) is -0.380. The number of aromatic hydroxyl groups is 1. The van der Waals surface area contributed by atoms with Crippen molar-refractivity contribution < 1.29 is 19.0 Å². The van der Waals surface area contributed by atoms with Crippen LogP contribution in [0.4, 0.5) is 8.78 Å². The Labute approximate surface area is 85.4 Å². The van der Waals surface area contributed by atoms with Crippen LogP contribution in [0.2, 0.25) is 0 Å². The lowest BCUT2D eigenvalue weighted by Gasteiger charge is -2.16. The van der Waals surface area contributed by atoms with E-state index in [9.17, 15) is 13.9 Å². The third kappa shape index (κ3) is 2.21. The fraction of sp³-hybridized carbons (Fsp3) is 0.444. The second-order valence-corrected chi connectivity index (χ2v) is 3.15. The molecule has 1 aromatic heterocycles. The van der Waals surface area contributed by atoms with Gasteiger partial charge in [0, 0.05) is 17.3 Å². The molecule has 0 amide bonds. The highest BCUT2D eigenvalue weighted by Gasteiger charge is 2.25. The van der Waals surface area contributed by atoms with Crippen LogP contribution in [0.1, 0.15) is 22.9 Å². The first kappa shape index (κ1) is 11.8. The monoisotopic (exact) mass is 218 g/mol. The average Bonchev–Trinajstić information content (AvgIpc) is 2.20. The molecule has 1 rings (SSSR count). The highest BCUT2D eigenvalue weighted by Crippen LogP contribution is 2.31. The van der Waals surface area contributed by atoms with Crippen LogP contribution in [0.3, 0.4) is 0 Å². The number of hydrogen-bond acceptors (Lipinski definition) is 4. The summed E-state index contributed by atoms with van der Waals surface area (Å²) in [5, 5.41) is 18.5. The van der Waals surface area contributed by atoms with E-state index in [4.69, 9.17) is 10.8 Å². The number of halogens is 2. The molecule has 0 saturated carbocycles. The van der Waals surface area contributed by atoms with Crippen molar-refractivity contribution in [2.24, 2.45) is 5.73 Å². The first-order valence-electron chi connectivity index (χ1n) is 4.31. The number of aliphatic hydroxyl groups is 1. The van der Waals surface area contributed by atoms with Crippen LogP contribution in [-0.2, 0) is 6.61 Å². The van der Waals surface area contributed by atoms with E-state index in [0.29, 0.717) is 0 Å². The fourth-order valence-corrected chi connectivity index (χ4v) is 1.28. The summed E-state index contributed by atoms with van der Waals surface area (Å²) >= 11 is 0. The number of nitrogens with two attached hydrogens (primary N) is 1. The third-order valence-electron chi connectivity index (χ3n) is 2.13. The van der Waals surface area contributed by atoms with Gasteiger partial charge < -0.3 is 15.9 Å². The normalized spacial score (nSPS) is 13.2. The minimum absolute atomic E-state index is 0.117. The molecule has 1 aromatic rings. The van der Waals surface area contributed by atoms with Crippen molar-refractivity contribution in [3.8, 4) is 5.75 Å². The van der Waals surface area contributed by atoms with Gasteiger partial charge in [0.05, 0.1) is 18.3 Å². The summed E-state index contributed by atoms with van der Waals surface area (Å²) in [7, 11) is 0. The van der Waals surface area contributed by atoms with Gasteiger partial charge >= 0.3 is 0 Å². The van der Waals surface area contributed by atoms with Gasteiger partial charge in [0.25, 0.3) is 6.43 Å². The molecule has 0 aliphatic carbocycles. The first-order chi connectivity index (χ1) is 6.99. The van der Waals surface area contributed by atoms with Crippen molar-refractivity contribution >= 4 is 0 Å². The largest absolute Gasteiger partial charge is 0.506 e. The van der Waals surface area contributed by atoms with Crippen molar-refractivity contribution in [1.82, 2.24) is 4.98 Å². The topological polar surface area (TPSA) is 79.4 Å². The zero-order chi connectivity index (χ0) is 11.6. The van der Waals surface area contributed by atoms with Gasteiger partial charge in [-0.05, 0) is 6.92 Å². The summed E-state index contributed by atoms with van der Waals surface area (Å²) in [6.07, 6.45) is -1.57. The first-order valence-corrected chi connectivity index (χ1v) is 4.31. The van der Waals surface area contributed by atoms with E-state index >= 15 is 0 Å². The lowest BCUT2D eigenvalue weighted by atomic mass is 10.0. The number of rotatable bonds is 3. The lowest BCUT2D eigenvalue weighted by Crippen LogP contribution is -2.21. The van der Waals surface area contributed by atoms with Gasteiger partial charge in [0.15, 0.2) is 0 Å². The summed E-state index contributed by atoms with van der Waals surface area (Å²) in [6.45, 7) is 0.981.